The summed E-state index contributed by atoms with van der Waals surface area (Å²) in [7, 11) is 1.70. The summed E-state index contributed by atoms with van der Waals surface area (Å²) in [5.74, 6) is 0. The Morgan fingerprint density at radius 1 is 1.35 bits per heavy atom. The van der Waals surface area contributed by atoms with Gasteiger partial charge in [-0.05, 0) is 30.4 Å². The Labute approximate surface area is 103 Å². The van der Waals surface area contributed by atoms with Gasteiger partial charge in [-0.25, -0.2) is 0 Å². The number of rotatable bonds is 6. The van der Waals surface area contributed by atoms with Crippen molar-refractivity contribution in [1.29, 1.82) is 0 Å². The highest BCUT2D eigenvalue weighted by molar-refractivity contribution is 5.33. The van der Waals surface area contributed by atoms with Crippen LogP contribution in [0.2, 0.25) is 0 Å². The normalized spacial score (nSPS) is 17.1. The van der Waals surface area contributed by atoms with E-state index in [2.05, 4.69) is 29.6 Å². The van der Waals surface area contributed by atoms with Gasteiger partial charge in [0.15, 0.2) is 0 Å². The van der Waals surface area contributed by atoms with Gasteiger partial charge in [0.05, 0.1) is 6.61 Å². The van der Waals surface area contributed by atoms with E-state index in [0.29, 0.717) is 12.6 Å². The molecule has 1 atom stereocenters. The molecule has 0 aromatic heterocycles. The first-order chi connectivity index (χ1) is 8.33. The van der Waals surface area contributed by atoms with Gasteiger partial charge >= 0.3 is 0 Å². The van der Waals surface area contributed by atoms with Crippen molar-refractivity contribution in [1.82, 2.24) is 5.32 Å². The molecule has 94 valence electrons. The highest BCUT2D eigenvalue weighted by Crippen LogP contribution is 2.22. The number of fused-ring (bicyclic) bond motifs is 1. The molecule has 0 saturated carbocycles. The Kier molecular flexibility index (Phi) is 4.54. The number of aliphatic hydroxyl groups excluding tert-OH is 1. The van der Waals surface area contributed by atoms with Gasteiger partial charge in [-0.1, -0.05) is 24.3 Å². The molecule has 0 radical (unpaired) electrons. The maximum atomic E-state index is 9.02. The second-order valence-corrected chi connectivity index (χ2v) is 4.71. The van der Waals surface area contributed by atoms with Crippen LogP contribution in [0.3, 0.4) is 0 Å². The summed E-state index contributed by atoms with van der Waals surface area (Å²) in [6.07, 6.45) is 2.92. The molecule has 0 aliphatic heterocycles. The maximum Gasteiger partial charge on any atom is 0.0616 e. The fraction of sp³-hybridized carbons (Fsp3) is 0.571. The predicted molar refractivity (Wildman–Crippen MR) is 68.1 cm³/mol. The van der Waals surface area contributed by atoms with Gasteiger partial charge in [-0.2, -0.15) is 0 Å². The molecule has 1 aliphatic rings. The highest BCUT2D eigenvalue weighted by atomic mass is 16.5. The Morgan fingerprint density at radius 2 is 2.00 bits per heavy atom. The molecule has 0 heterocycles. The molecule has 1 aromatic carbocycles. The van der Waals surface area contributed by atoms with Gasteiger partial charge in [-0.15, -0.1) is 0 Å². The second kappa shape index (κ2) is 6.15. The number of ether oxygens (including phenoxy) is 1. The van der Waals surface area contributed by atoms with E-state index in [1.165, 1.54) is 11.1 Å². The fourth-order valence-corrected chi connectivity index (χ4v) is 2.58. The topological polar surface area (TPSA) is 41.5 Å². The summed E-state index contributed by atoms with van der Waals surface area (Å²) in [6, 6.07) is 9.34. The van der Waals surface area contributed by atoms with E-state index in [1.807, 2.05) is 0 Å². The van der Waals surface area contributed by atoms with E-state index in [0.717, 1.165) is 19.3 Å². The van der Waals surface area contributed by atoms with Crippen molar-refractivity contribution >= 4 is 0 Å². The van der Waals surface area contributed by atoms with E-state index in [-0.39, 0.29) is 12.6 Å². The quantitative estimate of drug-likeness (QED) is 0.777. The average molecular weight is 235 g/mol. The van der Waals surface area contributed by atoms with Gasteiger partial charge < -0.3 is 15.2 Å². The second-order valence-electron chi connectivity index (χ2n) is 4.71. The lowest BCUT2D eigenvalue weighted by Gasteiger charge is -2.21. The molecule has 1 aromatic rings. The van der Waals surface area contributed by atoms with E-state index in [4.69, 9.17) is 9.84 Å². The molecular formula is C14H21NO2. The Morgan fingerprint density at radius 3 is 2.53 bits per heavy atom. The molecule has 3 nitrogen and oxygen atoms in total. The van der Waals surface area contributed by atoms with Crippen molar-refractivity contribution in [2.45, 2.75) is 31.3 Å². The minimum absolute atomic E-state index is 0.209. The molecule has 0 amide bonds. The van der Waals surface area contributed by atoms with Crippen molar-refractivity contribution < 1.29 is 9.84 Å². The van der Waals surface area contributed by atoms with Gasteiger partial charge in [0, 0.05) is 25.8 Å². The van der Waals surface area contributed by atoms with E-state index < -0.39 is 0 Å². The summed E-state index contributed by atoms with van der Waals surface area (Å²) in [6.45, 7) is 0.869. The Bertz CT molecular complexity index is 323. The zero-order valence-corrected chi connectivity index (χ0v) is 10.4. The molecular weight excluding hydrogens is 214 g/mol. The zero-order chi connectivity index (χ0) is 12.1. The molecule has 3 heteroatoms. The number of hydrogen-bond donors (Lipinski definition) is 2. The molecule has 0 spiro atoms. The van der Waals surface area contributed by atoms with Crippen molar-refractivity contribution in [2.24, 2.45) is 0 Å². The lowest BCUT2D eigenvalue weighted by molar-refractivity contribution is 0.143. The number of methoxy groups -OCH3 is 1. The molecule has 1 aliphatic carbocycles. The summed E-state index contributed by atoms with van der Waals surface area (Å²) in [5.41, 5.74) is 2.90. The minimum atomic E-state index is 0.209. The third kappa shape index (κ3) is 3.28. The van der Waals surface area contributed by atoms with Gasteiger partial charge in [0.1, 0.15) is 0 Å². The molecule has 0 saturated heterocycles. The number of nitrogens with one attached hydrogen (secondary N) is 1. The smallest absolute Gasteiger partial charge is 0.0616 e. The summed E-state index contributed by atoms with van der Waals surface area (Å²) in [4.78, 5) is 0. The molecule has 0 fully saturated rings. The fourth-order valence-electron chi connectivity index (χ4n) is 2.58. The Hall–Kier alpha value is -0.900. The minimum Gasteiger partial charge on any atom is -0.396 e. The number of hydrogen-bond acceptors (Lipinski definition) is 3. The molecule has 0 bridgehead atoms. The first-order valence-electron chi connectivity index (χ1n) is 6.26. The molecule has 17 heavy (non-hydrogen) atoms. The van der Waals surface area contributed by atoms with Gasteiger partial charge in [0.25, 0.3) is 0 Å². The predicted octanol–water partition coefficient (Wildman–Crippen LogP) is 1.14. The standard InChI is InChI=1S/C14H21NO2/c1-17-10-13(6-7-16)15-14-8-11-4-2-3-5-12(11)9-14/h2-5,13-16H,6-10H2,1H3. The SMILES string of the molecule is COCC(CCO)NC1Cc2ccccc2C1. The third-order valence-corrected chi connectivity index (χ3v) is 3.37. The van der Waals surface area contributed by atoms with Crippen LogP contribution in [0.15, 0.2) is 24.3 Å². The summed E-state index contributed by atoms with van der Waals surface area (Å²) >= 11 is 0. The van der Waals surface area contributed by atoms with Crippen LogP contribution >= 0.6 is 0 Å². The monoisotopic (exact) mass is 235 g/mol. The van der Waals surface area contributed by atoms with Crippen molar-refractivity contribution in [2.75, 3.05) is 20.3 Å². The third-order valence-electron chi connectivity index (χ3n) is 3.37. The van der Waals surface area contributed by atoms with Crippen LogP contribution in [0.25, 0.3) is 0 Å². The van der Waals surface area contributed by atoms with Gasteiger partial charge in [0.2, 0.25) is 0 Å². The lowest BCUT2D eigenvalue weighted by Crippen LogP contribution is -2.42. The van der Waals surface area contributed by atoms with Crippen molar-refractivity contribution in [3.8, 4) is 0 Å². The van der Waals surface area contributed by atoms with Crippen LogP contribution in [0.1, 0.15) is 17.5 Å². The maximum absolute atomic E-state index is 9.02. The zero-order valence-electron chi connectivity index (χ0n) is 10.4. The van der Waals surface area contributed by atoms with Crippen LogP contribution in [-0.4, -0.2) is 37.5 Å². The van der Waals surface area contributed by atoms with Crippen LogP contribution in [0.5, 0.6) is 0 Å². The number of aliphatic hydroxyl groups is 1. The van der Waals surface area contributed by atoms with Crippen LogP contribution in [0, 0.1) is 0 Å². The Balaban J connectivity index is 1.89. The first-order valence-corrected chi connectivity index (χ1v) is 6.26. The van der Waals surface area contributed by atoms with Crippen molar-refractivity contribution in [3.05, 3.63) is 35.4 Å². The van der Waals surface area contributed by atoms with Gasteiger partial charge in [-0.3, -0.25) is 0 Å². The highest BCUT2D eigenvalue weighted by Gasteiger charge is 2.22. The summed E-state index contributed by atoms with van der Waals surface area (Å²) < 4.78 is 5.17. The molecule has 1 unspecified atom stereocenters. The van der Waals surface area contributed by atoms with Crippen molar-refractivity contribution in [3.63, 3.8) is 0 Å². The molecule has 2 rings (SSSR count). The van der Waals surface area contributed by atoms with E-state index >= 15 is 0 Å². The van der Waals surface area contributed by atoms with Crippen LogP contribution < -0.4 is 5.32 Å². The lowest BCUT2D eigenvalue weighted by atomic mass is 10.1. The van der Waals surface area contributed by atoms with Crippen LogP contribution in [-0.2, 0) is 17.6 Å². The van der Waals surface area contributed by atoms with E-state index in [9.17, 15) is 0 Å². The molecule has 2 N–H and O–H groups in total. The van der Waals surface area contributed by atoms with Crippen LogP contribution in [0.4, 0.5) is 0 Å². The average Bonchev–Trinajstić information content (AvgIpc) is 2.71. The van der Waals surface area contributed by atoms with E-state index in [1.54, 1.807) is 7.11 Å². The number of benzene rings is 1. The largest absolute Gasteiger partial charge is 0.396 e. The summed E-state index contributed by atoms with van der Waals surface area (Å²) in [5, 5.41) is 12.6. The first kappa shape index (κ1) is 12.6.